The second-order valence-corrected chi connectivity index (χ2v) is 6.61. The van der Waals surface area contributed by atoms with Gasteiger partial charge in [-0.2, -0.15) is 0 Å². The van der Waals surface area contributed by atoms with Crippen molar-refractivity contribution in [2.75, 3.05) is 19.7 Å². The summed E-state index contributed by atoms with van der Waals surface area (Å²) in [7, 11) is 0. The van der Waals surface area contributed by atoms with Crippen LogP contribution in [0.25, 0.3) is 0 Å². The molecule has 0 aromatic heterocycles. The van der Waals surface area contributed by atoms with Crippen LogP contribution in [0.1, 0.15) is 48.2 Å². The average molecular weight is 404 g/mol. The highest BCUT2D eigenvalue weighted by atomic mass is 19.1. The molecule has 2 aromatic rings. The lowest BCUT2D eigenvalue weighted by atomic mass is 10.1. The van der Waals surface area contributed by atoms with Crippen molar-refractivity contribution in [1.82, 2.24) is 10.6 Å². The Morgan fingerprint density at radius 2 is 1.72 bits per heavy atom. The van der Waals surface area contributed by atoms with Crippen LogP contribution in [0, 0.1) is 11.6 Å². The van der Waals surface area contributed by atoms with E-state index in [1.807, 2.05) is 37.3 Å². The van der Waals surface area contributed by atoms with Crippen LogP contribution in [0.3, 0.4) is 0 Å². The summed E-state index contributed by atoms with van der Waals surface area (Å²) < 4.78 is 32.1. The molecule has 0 fully saturated rings. The van der Waals surface area contributed by atoms with E-state index in [0.29, 0.717) is 32.1 Å². The normalized spacial score (nSPS) is 11.7. The standard InChI is InChI=1S/C22H26F2N2O3/c1-16(17-7-3-2-4-8-17)29-14-6-13-25-21(27)9-5-12-26-22(28)19-11-10-18(23)15-20(19)24/h2-4,7-8,10-11,15-16H,5-6,9,12-14H2,1H3,(H,25,27)(H,26,28). The lowest BCUT2D eigenvalue weighted by molar-refractivity contribution is -0.121. The Morgan fingerprint density at radius 1 is 1.00 bits per heavy atom. The highest BCUT2D eigenvalue weighted by Gasteiger charge is 2.12. The van der Waals surface area contributed by atoms with Gasteiger partial charge in [0.25, 0.3) is 5.91 Å². The number of amides is 2. The van der Waals surface area contributed by atoms with Crippen molar-refractivity contribution in [2.24, 2.45) is 0 Å². The number of benzene rings is 2. The third-order valence-electron chi connectivity index (χ3n) is 4.32. The van der Waals surface area contributed by atoms with Gasteiger partial charge in [0.05, 0.1) is 11.7 Å². The lowest BCUT2D eigenvalue weighted by Crippen LogP contribution is -2.28. The molecule has 7 heteroatoms. The Balaban J connectivity index is 1.53. The molecule has 29 heavy (non-hydrogen) atoms. The first-order chi connectivity index (χ1) is 14.0. The third kappa shape index (κ3) is 7.99. The van der Waals surface area contributed by atoms with E-state index in [2.05, 4.69) is 10.6 Å². The van der Waals surface area contributed by atoms with E-state index in [9.17, 15) is 18.4 Å². The molecule has 0 radical (unpaired) electrons. The fraction of sp³-hybridized carbons (Fsp3) is 0.364. The summed E-state index contributed by atoms with van der Waals surface area (Å²) in [4.78, 5) is 23.6. The molecule has 5 nitrogen and oxygen atoms in total. The highest BCUT2D eigenvalue weighted by molar-refractivity contribution is 5.94. The van der Waals surface area contributed by atoms with Gasteiger partial charge in [0.1, 0.15) is 11.6 Å². The van der Waals surface area contributed by atoms with Gasteiger partial charge in [-0.05, 0) is 37.5 Å². The van der Waals surface area contributed by atoms with Crippen molar-refractivity contribution in [1.29, 1.82) is 0 Å². The maximum absolute atomic E-state index is 13.5. The van der Waals surface area contributed by atoms with Crippen molar-refractivity contribution in [2.45, 2.75) is 32.3 Å². The monoisotopic (exact) mass is 404 g/mol. The van der Waals surface area contributed by atoms with Crippen molar-refractivity contribution >= 4 is 11.8 Å². The molecule has 0 saturated heterocycles. The first kappa shape index (κ1) is 22.5. The number of hydrogen-bond acceptors (Lipinski definition) is 3. The Hall–Kier alpha value is -2.80. The lowest BCUT2D eigenvalue weighted by Gasteiger charge is -2.13. The summed E-state index contributed by atoms with van der Waals surface area (Å²) in [6.45, 7) is 3.25. The summed E-state index contributed by atoms with van der Waals surface area (Å²) >= 11 is 0. The summed E-state index contributed by atoms with van der Waals surface area (Å²) in [5, 5.41) is 5.32. The van der Waals surface area contributed by atoms with Crippen molar-refractivity contribution in [3.63, 3.8) is 0 Å². The highest BCUT2D eigenvalue weighted by Crippen LogP contribution is 2.15. The Labute approximate surface area is 169 Å². The second kappa shape index (κ2) is 11.9. The molecule has 2 aromatic carbocycles. The molecule has 0 spiro atoms. The largest absolute Gasteiger partial charge is 0.374 e. The van der Waals surface area contributed by atoms with E-state index < -0.39 is 17.5 Å². The summed E-state index contributed by atoms with van der Waals surface area (Å²) in [5.74, 6) is -2.41. The molecule has 156 valence electrons. The number of carbonyl (C=O) groups is 2. The van der Waals surface area contributed by atoms with Crippen LogP contribution in [0.5, 0.6) is 0 Å². The minimum Gasteiger partial charge on any atom is -0.374 e. The number of nitrogens with one attached hydrogen (secondary N) is 2. The van der Waals surface area contributed by atoms with Crippen LogP contribution < -0.4 is 10.6 Å². The van der Waals surface area contributed by atoms with Crippen LogP contribution in [-0.4, -0.2) is 31.5 Å². The molecule has 1 unspecified atom stereocenters. The van der Waals surface area contributed by atoms with Gasteiger partial charge >= 0.3 is 0 Å². The van der Waals surface area contributed by atoms with E-state index in [0.717, 1.165) is 17.7 Å². The van der Waals surface area contributed by atoms with E-state index >= 15 is 0 Å². The first-order valence-corrected chi connectivity index (χ1v) is 9.64. The first-order valence-electron chi connectivity index (χ1n) is 9.64. The number of carbonyl (C=O) groups excluding carboxylic acids is 2. The van der Waals surface area contributed by atoms with Gasteiger partial charge < -0.3 is 15.4 Å². The predicted molar refractivity (Wildman–Crippen MR) is 106 cm³/mol. The van der Waals surface area contributed by atoms with E-state index in [4.69, 9.17) is 4.74 Å². The molecule has 0 saturated carbocycles. The minimum absolute atomic E-state index is 0.00135. The maximum atomic E-state index is 13.5. The number of halogens is 2. The van der Waals surface area contributed by atoms with Crippen molar-refractivity contribution in [3.8, 4) is 0 Å². The smallest absolute Gasteiger partial charge is 0.254 e. The molecule has 2 N–H and O–H groups in total. The van der Waals surface area contributed by atoms with E-state index in [-0.39, 0.29) is 30.5 Å². The zero-order chi connectivity index (χ0) is 21.1. The zero-order valence-electron chi connectivity index (χ0n) is 16.4. The third-order valence-corrected chi connectivity index (χ3v) is 4.32. The van der Waals surface area contributed by atoms with Gasteiger partial charge in [0, 0.05) is 32.2 Å². The topological polar surface area (TPSA) is 67.4 Å². The molecule has 0 aliphatic heterocycles. The van der Waals surface area contributed by atoms with Gasteiger partial charge in [-0.25, -0.2) is 8.78 Å². The average Bonchev–Trinajstić information content (AvgIpc) is 2.71. The van der Waals surface area contributed by atoms with Gasteiger partial charge in [-0.3, -0.25) is 9.59 Å². The fourth-order valence-electron chi connectivity index (χ4n) is 2.69. The Bertz CT molecular complexity index is 800. The zero-order valence-corrected chi connectivity index (χ0v) is 16.4. The molecule has 0 heterocycles. The molecular formula is C22H26F2N2O3. The van der Waals surface area contributed by atoms with E-state index in [1.165, 1.54) is 0 Å². The van der Waals surface area contributed by atoms with Crippen LogP contribution in [-0.2, 0) is 9.53 Å². The van der Waals surface area contributed by atoms with Crippen LogP contribution in [0.2, 0.25) is 0 Å². The Kier molecular flexibility index (Phi) is 9.24. The summed E-state index contributed by atoms with van der Waals surface area (Å²) in [6, 6.07) is 12.7. The van der Waals surface area contributed by atoms with Gasteiger partial charge in [-0.15, -0.1) is 0 Å². The number of hydrogen-bond donors (Lipinski definition) is 2. The van der Waals surface area contributed by atoms with Gasteiger partial charge in [-0.1, -0.05) is 30.3 Å². The van der Waals surface area contributed by atoms with E-state index in [1.54, 1.807) is 0 Å². The van der Waals surface area contributed by atoms with Crippen LogP contribution in [0.4, 0.5) is 8.78 Å². The van der Waals surface area contributed by atoms with Crippen molar-refractivity contribution < 1.29 is 23.1 Å². The predicted octanol–water partition coefficient (Wildman–Crippen LogP) is 3.76. The Morgan fingerprint density at radius 3 is 2.45 bits per heavy atom. The maximum Gasteiger partial charge on any atom is 0.254 e. The summed E-state index contributed by atoms with van der Waals surface area (Å²) in [5.41, 5.74) is 0.889. The molecule has 0 aliphatic rings. The van der Waals surface area contributed by atoms with Gasteiger partial charge in [0.2, 0.25) is 5.91 Å². The fourth-order valence-corrected chi connectivity index (χ4v) is 2.69. The van der Waals surface area contributed by atoms with Crippen molar-refractivity contribution in [3.05, 3.63) is 71.3 Å². The minimum atomic E-state index is -0.913. The van der Waals surface area contributed by atoms with Crippen LogP contribution in [0.15, 0.2) is 48.5 Å². The van der Waals surface area contributed by atoms with Gasteiger partial charge in [0.15, 0.2) is 0 Å². The molecule has 2 amide bonds. The molecule has 0 bridgehead atoms. The quantitative estimate of drug-likeness (QED) is 0.561. The van der Waals surface area contributed by atoms with Crippen LogP contribution >= 0.6 is 0 Å². The second-order valence-electron chi connectivity index (χ2n) is 6.61. The molecular weight excluding hydrogens is 378 g/mol. The molecule has 2 rings (SSSR count). The number of rotatable bonds is 11. The molecule has 1 atom stereocenters. The molecule has 0 aliphatic carbocycles. The SMILES string of the molecule is CC(OCCCNC(=O)CCCNC(=O)c1ccc(F)cc1F)c1ccccc1. The number of ether oxygens (including phenoxy) is 1. The summed E-state index contributed by atoms with van der Waals surface area (Å²) in [6.07, 6.45) is 1.36.